The lowest BCUT2D eigenvalue weighted by Crippen LogP contribution is -2.29. The molecule has 0 spiro atoms. The quantitative estimate of drug-likeness (QED) is 0.312. The van der Waals surface area contributed by atoms with Crippen molar-refractivity contribution in [3.05, 3.63) is 59.8 Å². The molecular formula is C28H32N4O2. The van der Waals surface area contributed by atoms with Crippen LogP contribution in [-0.4, -0.2) is 43.8 Å². The van der Waals surface area contributed by atoms with E-state index >= 15 is 0 Å². The summed E-state index contributed by atoms with van der Waals surface area (Å²) in [5.74, 6) is -0.380. The fourth-order valence-corrected chi connectivity index (χ4v) is 4.71. The summed E-state index contributed by atoms with van der Waals surface area (Å²) in [6.45, 7) is 4.85. The fraction of sp³-hybridized carbons (Fsp3) is 0.357. The van der Waals surface area contributed by atoms with Crippen LogP contribution in [0.25, 0.3) is 27.6 Å². The predicted molar refractivity (Wildman–Crippen MR) is 138 cm³/mol. The number of benzene rings is 2. The number of carbonyl (C=O) groups is 1. The first-order chi connectivity index (χ1) is 16.5. The standard InChI is InChI=1S/C28H32N4O2/c1-20(25(19-29)28(33)30-13-16-34-3)26-11-12-27(31(26)2)23-8-7-22-18-24(10-9-21(22)17-23)32-14-5-4-6-15-32/h7-12,17-18H,4-6,13-16H2,1-3H3,(H,30,33)/b25-20+. The van der Waals surface area contributed by atoms with E-state index in [1.807, 2.05) is 30.7 Å². The van der Waals surface area contributed by atoms with Gasteiger partial charge in [0.05, 0.1) is 6.61 Å². The zero-order valence-corrected chi connectivity index (χ0v) is 20.2. The van der Waals surface area contributed by atoms with E-state index < -0.39 is 0 Å². The van der Waals surface area contributed by atoms with Gasteiger partial charge >= 0.3 is 0 Å². The number of allylic oxidation sites excluding steroid dienone is 1. The summed E-state index contributed by atoms with van der Waals surface area (Å²) in [6, 6.07) is 19.3. The third-order valence-corrected chi connectivity index (χ3v) is 6.65. The number of hydrogen-bond acceptors (Lipinski definition) is 4. The van der Waals surface area contributed by atoms with Gasteiger partial charge in [-0.2, -0.15) is 5.26 Å². The molecule has 0 saturated carbocycles. The maximum absolute atomic E-state index is 12.5. The van der Waals surface area contributed by atoms with Crippen LogP contribution >= 0.6 is 0 Å². The topological polar surface area (TPSA) is 70.3 Å². The SMILES string of the molecule is COCCNC(=O)/C(C#N)=C(\C)c1ccc(-c2ccc3cc(N4CCCCC4)ccc3c2)n1C. The Balaban J connectivity index is 1.61. The van der Waals surface area contributed by atoms with Gasteiger partial charge in [0.25, 0.3) is 5.91 Å². The minimum atomic E-state index is -0.380. The molecule has 0 unspecified atom stereocenters. The lowest BCUT2D eigenvalue weighted by atomic mass is 10.0. The number of nitrogens with one attached hydrogen (secondary N) is 1. The maximum Gasteiger partial charge on any atom is 0.262 e. The van der Waals surface area contributed by atoms with Crippen LogP contribution in [0.5, 0.6) is 0 Å². The smallest absolute Gasteiger partial charge is 0.262 e. The Morgan fingerprint density at radius 2 is 1.79 bits per heavy atom. The van der Waals surface area contributed by atoms with Crippen LogP contribution < -0.4 is 10.2 Å². The van der Waals surface area contributed by atoms with Crippen LogP contribution in [-0.2, 0) is 16.6 Å². The van der Waals surface area contributed by atoms with Crippen molar-refractivity contribution in [1.29, 1.82) is 5.26 Å². The number of ether oxygens (including phenoxy) is 1. The van der Waals surface area contributed by atoms with Gasteiger partial charge in [0, 0.05) is 50.9 Å². The van der Waals surface area contributed by atoms with E-state index in [2.05, 4.69) is 52.7 Å². The molecule has 4 rings (SSSR count). The molecule has 34 heavy (non-hydrogen) atoms. The molecule has 6 heteroatoms. The molecule has 3 aromatic rings. The molecule has 1 fully saturated rings. The molecule has 1 aromatic heterocycles. The Bertz CT molecular complexity index is 1260. The number of methoxy groups -OCH3 is 1. The Hall–Kier alpha value is -3.56. The van der Waals surface area contributed by atoms with Crippen LogP contribution in [0.15, 0.2) is 54.1 Å². The van der Waals surface area contributed by atoms with Crippen LogP contribution in [0.2, 0.25) is 0 Å². The minimum Gasteiger partial charge on any atom is -0.383 e. The van der Waals surface area contributed by atoms with Crippen LogP contribution in [0.4, 0.5) is 5.69 Å². The van der Waals surface area contributed by atoms with Gasteiger partial charge in [0.15, 0.2) is 0 Å². The molecule has 1 aliphatic rings. The lowest BCUT2D eigenvalue weighted by molar-refractivity contribution is -0.117. The molecule has 0 radical (unpaired) electrons. The van der Waals surface area contributed by atoms with Crippen molar-refractivity contribution >= 4 is 27.9 Å². The lowest BCUT2D eigenvalue weighted by Gasteiger charge is -2.29. The molecule has 176 valence electrons. The summed E-state index contributed by atoms with van der Waals surface area (Å²) in [5.41, 5.74) is 5.05. The summed E-state index contributed by atoms with van der Waals surface area (Å²) in [5, 5.41) is 14.8. The molecule has 2 aromatic carbocycles. The van der Waals surface area contributed by atoms with E-state index in [0.717, 1.165) is 30.0 Å². The van der Waals surface area contributed by atoms with Gasteiger partial charge in [-0.25, -0.2) is 0 Å². The molecule has 6 nitrogen and oxygen atoms in total. The number of amides is 1. The average molecular weight is 457 g/mol. The van der Waals surface area contributed by atoms with Crippen molar-refractivity contribution in [2.24, 2.45) is 7.05 Å². The van der Waals surface area contributed by atoms with Crippen LogP contribution in [0.1, 0.15) is 31.9 Å². The molecule has 0 atom stereocenters. The molecule has 0 aliphatic carbocycles. The first kappa shape index (κ1) is 23.6. The molecule has 1 saturated heterocycles. The summed E-state index contributed by atoms with van der Waals surface area (Å²) in [6.07, 6.45) is 3.86. The average Bonchev–Trinajstić information content (AvgIpc) is 3.25. The zero-order valence-electron chi connectivity index (χ0n) is 20.2. The Kier molecular flexibility index (Phi) is 7.34. The van der Waals surface area contributed by atoms with E-state index in [4.69, 9.17) is 4.74 Å². The van der Waals surface area contributed by atoms with Gasteiger partial charge in [0.2, 0.25) is 0 Å². The van der Waals surface area contributed by atoms with Gasteiger partial charge in [0.1, 0.15) is 11.6 Å². The Labute approximate surface area is 201 Å². The highest BCUT2D eigenvalue weighted by molar-refractivity contribution is 6.04. The van der Waals surface area contributed by atoms with E-state index in [-0.39, 0.29) is 11.5 Å². The zero-order chi connectivity index (χ0) is 24.1. The number of rotatable bonds is 7. The molecular weight excluding hydrogens is 424 g/mol. The summed E-state index contributed by atoms with van der Waals surface area (Å²) in [4.78, 5) is 15.0. The number of anilines is 1. The molecule has 0 bridgehead atoms. The van der Waals surface area contributed by atoms with E-state index in [1.54, 1.807) is 7.11 Å². The van der Waals surface area contributed by atoms with Gasteiger partial charge in [-0.05, 0) is 78.4 Å². The summed E-state index contributed by atoms with van der Waals surface area (Å²) in [7, 11) is 3.54. The summed E-state index contributed by atoms with van der Waals surface area (Å²) < 4.78 is 7.01. The van der Waals surface area contributed by atoms with Crippen molar-refractivity contribution in [3.63, 3.8) is 0 Å². The molecule has 1 N–H and O–H groups in total. The number of fused-ring (bicyclic) bond motifs is 1. The maximum atomic E-state index is 12.5. The predicted octanol–water partition coefficient (Wildman–Crippen LogP) is 4.90. The highest BCUT2D eigenvalue weighted by Crippen LogP contribution is 2.31. The van der Waals surface area contributed by atoms with Gasteiger partial charge in [-0.1, -0.05) is 18.2 Å². The van der Waals surface area contributed by atoms with Crippen molar-refractivity contribution in [2.75, 3.05) is 38.3 Å². The third-order valence-electron chi connectivity index (χ3n) is 6.65. The molecule has 1 aliphatic heterocycles. The largest absolute Gasteiger partial charge is 0.383 e. The van der Waals surface area contributed by atoms with E-state index in [0.29, 0.717) is 18.7 Å². The first-order valence-corrected chi connectivity index (χ1v) is 11.9. The van der Waals surface area contributed by atoms with Crippen LogP contribution in [0, 0.1) is 11.3 Å². The monoisotopic (exact) mass is 456 g/mol. The Morgan fingerprint density at radius 3 is 2.53 bits per heavy atom. The van der Waals surface area contributed by atoms with E-state index in [9.17, 15) is 10.1 Å². The second-order valence-corrected chi connectivity index (χ2v) is 8.82. The summed E-state index contributed by atoms with van der Waals surface area (Å²) >= 11 is 0. The van der Waals surface area contributed by atoms with Crippen molar-refractivity contribution in [1.82, 2.24) is 9.88 Å². The van der Waals surface area contributed by atoms with Crippen LogP contribution in [0.3, 0.4) is 0 Å². The first-order valence-electron chi connectivity index (χ1n) is 11.9. The number of nitriles is 1. The normalized spacial score (nSPS) is 14.6. The number of nitrogens with zero attached hydrogens (tertiary/aromatic N) is 3. The second kappa shape index (κ2) is 10.6. The van der Waals surface area contributed by atoms with Gasteiger partial charge < -0.3 is 19.5 Å². The number of piperidine rings is 1. The second-order valence-electron chi connectivity index (χ2n) is 8.82. The third kappa shape index (κ3) is 4.85. The molecule has 1 amide bonds. The highest BCUT2D eigenvalue weighted by atomic mass is 16.5. The fourth-order valence-electron chi connectivity index (χ4n) is 4.71. The minimum absolute atomic E-state index is 0.118. The number of carbonyl (C=O) groups excluding carboxylic acids is 1. The van der Waals surface area contributed by atoms with Crippen molar-refractivity contribution < 1.29 is 9.53 Å². The number of hydrogen-bond donors (Lipinski definition) is 1. The highest BCUT2D eigenvalue weighted by Gasteiger charge is 2.17. The van der Waals surface area contributed by atoms with Crippen molar-refractivity contribution in [3.8, 4) is 17.3 Å². The van der Waals surface area contributed by atoms with Gasteiger partial charge in [-0.3, -0.25) is 4.79 Å². The van der Waals surface area contributed by atoms with E-state index in [1.165, 1.54) is 35.7 Å². The molecule has 2 heterocycles. The van der Waals surface area contributed by atoms with Gasteiger partial charge in [-0.15, -0.1) is 0 Å². The van der Waals surface area contributed by atoms with Crippen molar-refractivity contribution in [2.45, 2.75) is 26.2 Å². The number of aromatic nitrogens is 1. The Morgan fingerprint density at radius 1 is 1.06 bits per heavy atom.